The molecular weight excluding hydrogens is 310 g/mol. The summed E-state index contributed by atoms with van der Waals surface area (Å²) in [5, 5.41) is 0. The van der Waals surface area contributed by atoms with Gasteiger partial charge in [-0.15, -0.1) is 0 Å². The third-order valence-corrected chi connectivity index (χ3v) is 5.18. The molecule has 2 radical (unpaired) electrons. The minimum atomic E-state index is -7.91. The Bertz CT molecular complexity index is 197. The van der Waals surface area contributed by atoms with Crippen LogP contribution in [0.2, 0.25) is 0 Å². The van der Waals surface area contributed by atoms with E-state index in [1.807, 2.05) is 0 Å². The Morgan fingerprint density at radius 3 is 0.824 bits per heavy atom. The fourth-order valence-electron chi connectivity index (χ4n) is 0.683. The molecule has 0 heterocycles. The molecule has 0 rings (SSSR count). The molecule has 0 spiro atoms. The van der Waals surface area contributed by atoms with Crippen molar-refractivity contribution in [2.24, 2.45) is 0 Å². The molecule has 0 aromatic heterocycles. The number of hydrogen-bond acceptors (Lipinski definition) is 1. The van der Waals surface area contributed by atoms with Crippen LogP contribution in [0.25, 0.3) is 0 Å². The smallest absolute Gasteiger partial charge is 0.520 e. The van der Waals surface area contributed by atoms with Crippen molar-refractivity contribution in [1.82, 2.24) is 0 Å². The maximum atomic E-state index is 11.9. The van der Waals surface area contributed by atoms with Crippen LogP contribution in [0.15, 0.2) is 0 Å². The zero-order valence-electron chi connectivity index (χ0n) is 7.39. The number of rotatable bonds is 1. The molecule has 0 saturated carbocycles. The maximum Gasteiger partial charge on any atom is 0.520 e. The quantitative estimate of drug-likeness (QED) is 0.518. The average molecular weight is 314 g/mol. The van der Waals surface area contributed by atoms with Crippen molar-refractivity contribution in [3.63, 3.8) is 0 Å². The van der Waals surface area contributed by atoms with Crippen molar-refractivity contribution in [2.75, 3.05) is 0 Å². The monoisotopic (exact) mass is 314 g/mol. The topological polar surface area (TPSA) is 72.2 Å². The first-order chi connectivity index (χ1) is 6.31. The molecule has 0 aliphatic carbocycles. The molecule has 0 aliphatic heterocycles. The highest BCUT2D eigenvalue weighted by Gasteiger charge is 2.88. The summed E-state index contributed by atoms with van der Waals surface area (Å²) in [6.07, 6.45) is 0. The van der Waals surface area contributed by atoms with E-state index in [1.165, 1.54) is 0 Å². The molecule has 0 aromatic rings. The van der Waals surface area contributed by atoms with Crippen LogP contribution in [0.4, 0.5) is 39.5 Å². The van der Waals surface area contributed by atoms with Crippen LogP contribution >= 0.6 is 0 Å². The second-order valence-corrected chi connectivity index (χ2v) is 6.30. The lowest BCUT2D eigenvalue weighted by Gasteiger charge is -2.35. The first-order valence-electron chi connectivity index (χ1n) is 2.89. The molecular formula is C3H4AlF9O3Si. The molecule has 0 saturated heterocycles. The van der Waals surface area contributed by atoms with Gasteiger partial charge in [-0.2, -0.15) is 39.5 Å². The van der Waals surface area contributed by atoms with Crippen LogP contribution in [0.3, 0.4) is 0 Å². The number of hydrogen-bond donors (Lipinski definition) is 0. The SMILES string of the molecule is FC(F)(F)[Si]([O][Al])(C(F)(F)F)C(F)(F)F.O.O. The summed E-state index contributed by atoms with van der Waals surface area (Å²) in [4.78, 5) is 0. The third kappa shape index (κ3) is 3.48. The van der Waals surface area contributed by atoms with Gasteiger partial charge in [0, 0.05) is 0 Å². The minimum Gasteiger partial charge on any atom is -0.541 e. The predicted octanol–water partition coefficient (Wildman–Crippen LogP) is 0.687. The summed E-state index contributed by atoms with van der Waals surface area (Å²) in [5.41, 5.74) is 0. The summed E-state index contributed by atoms with van der Waals surface area (Å²) in [5.74, 6) is -19.6. The van der Waals surface area contributed by atoms with Crippen LogP contribution in [-0.4, -0.2) is 53.3 Å². The summed E-state index contributed by atoms with van der Waals surface area (Å²) >= 11 is 0.387. The van der Waals surface area contributed by atoms with Crippen LogP contribution in [0, 0.1) is 0 Å². The van der Waals surface area contributed by atoms with E-state index in [0.717, 1.165) is 0 Å². The molecule has 17 heavy (non-hydrogen) atoms. The number of alkyl halides is 9. The zero-order chi connectivity index (χ0) is 12.7. The molecule has 14 heteroatoms. The molecule has 0 atom stereocenters. The third-order valence-electron chi connectivity index (χ3n) is 1.37. The molecule has 0 fully saturated rings. The van der Waals surface area contributed by atoms with Gasteiger partial charge in [0.25, 0.3) is 0 Å². The van der Waals surface area contributed by atoms with Crippen LogP contribution in [-0.2, 0) is 3.48 Å². The first-order valence-corrected chi connectivity index (χ1v) is 5.27. The molecule has 0 amide bonds. The molecule has 4 N–H and O–H groups in total. The van der Waals surface area contributed by atoms with Crippen molar-refractivity contribution in [3.05, 3.63) is 0 Å². The Hall–Kier alpha value is -0.000649. The van der Waals surface area contributed by atoms with Gasteiger partial charge in [0.15, 0.2) is 0 Å². The normalized spacial score (nSPS) is 13.7. The lowest BCUT2D eigenvalue weighted by atomic mass is 11.4. The number of halogens is 9. The molecule has 0 bridgehead atoms. The van der Waals surface area contributed by atoms with Gasteiger partial charge in [0.05, 0.1) is 0 Å². The van der Waals surface area contributed by atoms with Gasteiger partial charge in [-0.25, -0.2) is 0 Å². The van der Waals surface area contributed by atoms with E-state index in [4.69, 9.17) is 0 Å². The van der Waals surface area contributed by atoms with Crippen LogP contribution < -0.4 is 0 Å². The van der Waals surface area contributed by atoms with Gasteiger partial charge in [0.2, 0.25) is 0 Å². The predicted molar refractivity (Wildman–Crippen MR) is 38.0 cm³/mol. The van der Waals surface area contributed by atoms with E-state index >= 15 is 0 Å². The van der Waals surface area contributed by atoms with Crippen molar-refractivity contribution in [1.29, 1.82) is 0 Å². The van der Waals surface area contributed by atoms with Crippen molar-refractivity contribution >= 4 is 24.9 Å². The molecule has 3 nitrogen and oxygen atoms in total. The van der Waals surface area contributed by atoms with E-state index < -0.39 is 25.7 Å². The average Bonchev–Trinajstić information content (AvgIpc) is 1.76. The van der Waals surface area contributed by atoms with Gasteiger partial charge in [-0.3, -0.25) is 0 Å². The van der Waals surface area contributed by atoms with Crippen molar-refractivity contribution in [2.45, 2.75) is 17.4 Å². The Morgan fingerprint density at radius 2 is 0.824 bits per heavy atom. The summed E-state index contributed by atoms with van der Waals surface area (Å²) in [6.45, 7) is 0. The van der Waals surface area contributed by atoms with Gasteiger partial charge >= 0.3 is 42.3 Å². The van der Waals surface area contributed by atoms with Crippen molar-refractivity contribution < 1.29 is 53.9 Å². The van der Waals surface area contributed by atoms with E-state index in [1.54, 1.807) is 0 Å². The Labute approximate surface area is 97.0 Å². The van der Waals surface area contributed by atoms with Gasteiger partial charge in [-0.1, -0.05) is 0 Å². The highest BCUT2D eigenvalue weighted by Crippen LogP contribution is 2.50. The largest absolute Gasteiger partial charge is 0.541 e. The summed E-state index contributed by atoms with van der Waals surface area (Å²) in [7, 11) is -7.91. The van der Waals surface area contributed by atoms with E-state index in [-0.39, 0.29) is 11.0 Å². The lowest BCUT2D eigenvalue weighted by molar-refractivity contribution is -0.182. The summed E-state index contributed by atoms with van der Waals surface area (Å²) < 4.78 is 109. The highest BCUT2D eigenvalue weighted by molar-refractivity contribution is 6.81. The minimum absolute atomic E-state index is 0. The fraction of sp³-hybridized carbons (Fsp3) is 1.00. The standard InChI is InChI=1S/C3F9OSi.Al.2H2O/c4-1(5,6)14(13,2(7,8)9)3(10,11)12;;;/h;;2*1H2/q-1;+1;;. The lowest BCUT2D eigenvalue weighted by Crippen LogP contribution is -2.73. The van der Waals surface area contributed by atoms with E-state index in [2.05, 4.69) is 3.48 Å². The second kappa shape index (κ2) is 5.76. The summed E-state index contributed by atoms with van der Waals surface area (Å²) in [6, 6.07) is 0. The van der Waals surface area contributed by atoms with Gasteiger partial charge in [-0.05, 0) is 0 Å². The van der Waals surface area contributed by atoms with Crippen LogP contribution in [0.1, 0.15) is 0 Å². The Morgan fingerprint density at radius 1 is 0.647 bits per heavy atom. The Balaban J connectivity index is -0.000000980. The first kappa shape index (κ1) is 22.2. The molecule has 0 unspecified atom stereocenters. The van der Waals surface area contributed by atoms with Crippen molar-refractivity contribution in [3.8, 4) is 0 Å². The fourth-order valence-corrected chi connectivity index (χ4v) is 3.25. The van der Waals surface area contributed by atoms with Gasteiger partial charge < -0.3 is 14.4 Å². The molecule has 0 aliphatic rings. The second-order valence-electron chi connectivity index (χ2n) is 2.29. The molecule has 0 aromatic carbocycles. The molecule has 104 valence electrons. The van der Waals surface area contributed by atoms with E-state index in [0.29, 0.717) is 16.6 Å². The maximum absolute atomic E-state index is 11.9. The van der Waals surface area contributed by atoms with Gasteiger partial charge in [0.1, 0.15) is 0 Å². The van der Waals surface area contributed by atoms with Crippen LogP contribution in [0.5, 0.6) is 0 Å². The van der Waals surface area contributed by atoms with E-state index in [9.17, 15) is 39.5 Å². The Kier molecular flexibility index (Phi) is 7.52. The zero-order valence-corrected chi connectivity index (χ0v) is 9.54. The highest BCUT2D eigenvalue weighted by atomic mass is 28.4.